The third kappa shape index (κ3) is 7.18. The van der Waals surface area contributed by atoms with E-state index in [9.17, 15) is 14.9 Å². The van der Waals surface area contributed by atoms with Crippen LogP contribution in [0.1, 0.15) is 22.7 Å². The van der Waals surface area contributed by atoms with Gasteiger partial charge >= 0.3 is 0 Å². The van der Waals surface area contributed by atoms with Crippen LogP contribution in [0.2, 0.25) is 0 Å². The highest BCUT2D eigenvalue weighted by Gasteiger charge is 2.25. The summed E-state index contributed by atoms with van der Waals surface area (Å²) in [6, 6.07) is 20.5. The monoisotopic (exact) mass is 496 g/mol. The highest BCUT2D eigenvalue weighted by molar-refractivity contribution is 5.95. The Balaban J connectivity index is 0.00000432. The highest BCUT2D eigenvalue weighted by atomic mass is 35.5. The molecule has 0 unspecified atom stereocenters. The minimum Gasteiger partial charge on any atom is -0.384 e. The molecule has 0 spiro atoms. The van der Waals surface area contributed by atoms with Crippen LogP contribution in [0.3, 0.4) is 0 Å². The molecule has 3 aromatic carbocycles. The van der Waals surface area contributed by atoms with E-state index in [0.717, 1.165) is 5.56 Å². The summed E-state index contributed by atoms with van der Waals surface area (Å²) >= 11 is 0. The van der Waals surface area contributed by atoms with Crippen molar-refractivity contribution in [2.45, 2.75) is 12.5 Å². The lowest BCUT2D eigenvalue weighted by Gasteiger charge is -2.21. The molecule has 0 fully saturated rings. The van der Waals surface area contributed by atoms with E-state index in [1.807, 2.05) is 30.3 Å². The predicted molar refractivity (Wildman–Crippen MR) is 142 cm³/mol. The third-order valence-corrected chi connectivity index (χ3v) is 5.34. The van der Waals surface area contributed by atoms with Gasteiger partial charge in [0, 0.05) is 38.0 Å². The van der Waals surface area contributed by atoms with Crippen LogP contribution in [0.25, 0.3) is 0 Å². The number of amides is 1. The fourth-order valence-corrected chi connectivity index (χ4v) is 3.53. The van der Waals surface area contributed by atoms with Gasteiger partial charge in [0.15, 0.2) is 0 Å². The van der Waals surface area contributed by atoms with Crippen LogP contribution < -0.4 is 21.3 Å². The van der Waals surface area contributed by atoms with Gasteiger partial charge in [-0.05, 0) is 47.9 Å². The summed E-state index contributed by atoms with van der Waals surface area (Å²) in [4.78, 5) is 26.1. The number of hydrogen-bond donors (Lipinski definition) is 4. The van der Waals surface area contributed by atoms with Crippen molar-refractivity contribution >= 4 is 41.2 Å². The fraction of sp³-hybridized carbons (Fsp3) is 0.200. The van der Waals surface area contributed by atoms with Crippen LogP contribution in [0.15, 0.2) is 72.8 Å². The average Bonchev–Trinajstić information content (AvgIpc) is 2.83. The maximum Gasteiger partial charge on any atom is 0.292 e. The van der Waals surface area contributed by atoms with E-state index in [1.54, 1.807) is 55.4 Å². The molecule has 9 nitrogen and oxygen atoms in total. The Hall–Kier alpha value is -4.11. The topological polar surface area (TPSA) is 137 Å². The molecule has 0 aliphatic rings. The summed E-state index contributed by atoms with van der Waals surface area (Å²) < 4.78 is 0. The molecule has 1 amide bonds. The van der Waals surface area contributed by atoms with Gasteiger partial charge in [0.25, 0.3) is 5.69 Å². The second-order valence-electron chi connectivity index (χ2n) is 7.99. The molecule has 0 aliphatic carbocycles. The maximum absolute atomic E-state index is 13.2. The van der Waals surface area contributed by atoms with E-state index in [4.69, 9.17) is 11.1 Å². The molecule has 3 aromatic rings. The normalized spacial score (nSPS) is 11.0. The van der Waals surface area contributed by atoms with E-state index in [2.05, 4.69) is 10.6 Å². The predicted octanol–water partition coefficient (Wildman–Crippen LogP) is 3.88. The molecule has 35 heavy (non-hydrogen) atoms. The Bertz CT molecular complexity index is 1170. The number of amidine groups is 1. The van der Waals surface area contributed by atoms with E-state index >= 15 is 0 Å². The first-order chi connectivity index (χ1) is 16.3. The van der Waals surface area contributed by atoms with Gasteiger partial charge in [-0.2, -0.15) is 0 Å². The number of nitrogen functional groups attached to an aromatic ring is 1. The van der Waals surface area contributed by atoms with Crippen molar-refractivity contribution in [3.63, 3.8) is 0 Å². The van der Waals surface area contributed by atoms with E-state index in [-0.39, 0.29) is 29.8 Å². The van der Waals surface area contributed by atoms with Crippen molar-refractivity contribution in [3.05, 3.63) is 99.6 Å². The largest absolute Gasteiger partial charge is 0.384 e. The summed E-state index contributed by atoms with van der Waals surface area (Å²) in [5.41, 5.74) is 8.62. The first-order valence-corrected chi connectivity index (χ1v) is 10.7. The van der Waals surface area contributed by atoms with Crippen LogP contribution in [0, 0.1) is 15.5 Å². The fourth-order valence-electron chi connectivity index (χ4n) is 3.53. The van der Waals surface area contributed by atoms with Gasteiger partial charge in [0.05, 0.1) is 4.92 Å². The summed E-state index contributed by atoms with van der Waals surface area (Å²) in [6.07, 6.45) is 0.659. The van der Waals surface area contributed by atoms with Crippen molar-refractivity contribution < 1.29 is 9.72 Å². The van der Waals surface area contributed by atoms with Crippen LogP contribution in [0.4, 0.5) is 17.1 Å². The Morgan fingerprint density at radius 2 is 1.74 bits per heavy atom. The SMILES string of the molecule is CN(C)c1ccc([C@@H](Nc2ccc(C(=N)N)cc2)C(=O)NCCc2ccccc2)cc1[N+](=O)[O-].Cl. The Kier molecular flexibility index (Phi) is 9.60. The Morgan fingerprint density at radius 1 is 1.09 bits per heavy atom. The lowest BCUT2D eigenvalue weighted by molar-refractivity contribution is -0.384. The van der Waals surface area contributed by atoms with Crippen LogP contribution in [-0.4, -0.2) is 37.3 Å². The van der Waals surface area contributed by atoms with Crippen molar-refractivity contribution in [3.8, 4) is 0 Å². The third-order valence-electron chi connectivity index (χ3n) is 5.34. The van der Waals surface area contributed by atoms with Gasteiger partial charge in [-0.25, -0.2) is 0 Å². The van der Waals surface area contributed by atoms with Crippen molar-refractivity contribution in [1.29, 1.82) is 5.41 Å². The van der Waals surface area contributed by atoms with Crippen molar-refractivity contribution in [1.82, 2.24) is 5.32 Å². The minimum absolute atomic E-state index is 0. The lowest BCUT2D eigenvalue weighted by atomic mass is 10.0. The Labute approximate surface area is 210 Å². The van der Waals surface area contributed by atoms with Crippen molar-refractivity contribution in [2.75, 3.05) is 30.9 Å². The molecule has 184 valence electrons. The number of nitrogens with one attached hydrogen (secondary N) is 3. The highest BCUT2D eigenvalue weighted by Crippen LogP contribution is 2.31. The zero-order chi connectivity index (χ0) is 24.7. The number of rotatable bonds is 10. The van der Waals surface area contributed by atoms with Gasteiger partial charge in [-0.1, -0.05) is 36.4 Å². The minimum atomic E-state index is -0.867. The number of carbonyl (C=O) groups is 1. The number of hydrogen-bond acceptors (Lipinski definition) is 6. The molecular weight excluding hydrogens is 468 g/mol. The number of nitro groups is 1. The van der Waals surface area contributed by atoms with Gasteiger partial charge in [0.1, 0.15) is 17.6 Å². The second-order valence-corrected chi connectivity index (χ2v) is 7.99. The zero-order valence-corrected chi connectivity index (χ0v) is 20.3. The first-order valence-electron chi connectivity index (χ1n) is 10.7. The van der Waals surface area contributed by atoms with Gasteiger partial charge in [0.2, 0.25) is 5.91 Å². The summed E-state index contributed by atoms with van der Waals surface area (Å²) in [5, 5.41) is 25.3. The van der Waals surface area contributed by atoms with E-state index < -0.39 is 11.0 Å². The van der Waals surface area contributed by atoms with Gasteiger partial charge in [-0.15, -0.1) is 12.4 Å². The number of halogens is 1. The van der Waals surface area contributed by atoms with Crippen molar-refractivity contribution in [2.24, 2.45) is 5.73 Å². The average molecular weight is 497 g/mol. The lowest BCUT2D eigenvalue weighted by Crippen LogP contribution is -2.34. The second kappa shape index (κ2) is 12.4. The number of carbonyl (C=O) groups excluding carboxylic acids is 1. The quantitative estimate of drug-likeness (QED) is 0.145. The molecule has 0 bridgehead atoms. The Morgan fingerprint density at radius 3 is 2.31 bits per heavy atom. The molecule has 0 saturated heterocycles. The summed E-state index contributed by atoms with van der Waals surface area (Å²) in [5.74, 6) is -0.366. The zero-order valence-electron chi connectivity index (χ0n) is 19.5. The van der Waals surface area contributed by atoms with Crippen LogP contribution in [0.5, 0.6) is 0 Å². The number of benzene rings is 3. The maximum atomic E-state index is 13.2. The first kappa shape index (κ1) is 27.1. The molecule has 0 heterocycles. The molecule has 5 N–H and O–H groups in total. The van der Waals surface area contributed by atoms with Gasteiger partial charge < -0.3 is 21.3 Å². The number of nitrogens with zero attached hydrogens (tertiary/aromatic N) is 2. The molecule has 0 radical (unpaired) electrons. The molecule has 0 aliphatic heterocycles. The van der Waals surface area contributed by atoms with E-state index in [1.165, 1.54) is 6.07 Å². The molecule has 10 heteroatoms. The smallest absolute Gasteiger partial charge is 0.292 e. The van der Waals surface area contributed by atoms with E-state index in [0.29, 0.717) is 35.5 Å². The molecule has 1 atom stereocenters. The number of anilines is 2. The number of nitro benzene ring substituents is 1. The van der Waals surface area contributed by atoms with Crippen LogP contribution in [-0.2, 0) is 11.2 Å². The molecule has 3 rings (SSSR count). The van der Waals surface area contributed by atoms with Crippen LogP contribution >= 0.6 is 12.4 Å². The number of nitrogens with two attached hydrogens (primary N) is 1. The molecular formula is C25H29ClN6O3. The molecule has 0 saturated carbocycles. The molecule has 0 aromatic heterocycles. The summed E-state index contributed by atoms with van der Waals surface area (Å²) in [7, 11) is 3.45. The van der Waals surface area contributed by atoms with Gasteiger partial charge in [-0.3, -0.25) is 20.3 Å². The summed E-state index contributed by atoms with van der Waals surface area (Å²) in [6.45, 7) is 0.419. The standard InChI is InChI=1S/C25H28N6O3.ClH/c1-30(2)21-13-10-19(16-22(21)31(33)34)23(29-20-11-8-18(9-12-20)24(26)27)25(32)28-15-14-17-6-4-3-5-7-17;/h3-13,16,23,29H,14-15H2,1-2H3,(H3,26,27)(H,28,32);1H/t23-;/m1./s1.